The number of nitriles is 1. The molecule has 0 amide bonds. The Kier molecular flexibility index (Phi) is 6.32. The van der Waals surface area contributed by atoms with Crippen LogP contribution in [0.5, 0.6) is 11.5 Å². The molecule has 1 aromatic carbocycles. The Balaban J connectivity index is 1.50. The number of benzene rings is 1. The Morgan fingerprint density at radius 2 is 1.88 bits per heavy atom. The number of aromatic nitrogens is 3. The number of rotatable bonds is 6. The second-order valence-corrected chi connectivity index (χ2v) is 7.52. The van der Waals surface area contributed by atoms with Gasteiger partial charge in [-0.3, -0.25) is 0 Å². The molecule has 3 N–H and O–H groups in total. The summed E-state index contributed by atoms with van der Waals surface area (Å²) in [5.41, 5.74) is 10.0. The van der Waals surface area contributed by atoms with Gasteiger partial charge < -0.3 is 20.7 Å². The van der Waals surface area contributed by atoms with E-state index in [0.29, 0.717) is 23.0 Å². The van der Waals surface area contributed by atoms with Crippen LogP contribution < -0.4 is 15.8 Å². The maximum atomic E-state index is 8.97. The second-order valence-electron chi connectivity index (χ2n) is 7.52. The average Bonchev–Trinajstić information content (AvgIpc) is 3.07. The highest BCUT2D eigenvalue weighted by Gasteiger charge is 2.09. The van der Waals surface area contributed by atoms with Crippen LogP contribution in [0.3, 0.4) is 0 Å². The number of nitrogen functional groups attached to an aromatic ring is 1. The minimum absolute atomic E-state index is 0.191. The second kappa shape index (κ2) is 9.66. The highest BCUT2D eigenvalue weighted by atomic mass is 16.5. The van der Waals surface area contributed by atoms with Gasteiger partial charge in [0, 0.05) is 55.8 Å². The number of pyridine rings is 1. The number of nitrogens with two attached hydrogens (primary N) is 1. The first-order valence-corrected chi connectivity index (χ1v) is 10.3. The quantitative estimate of drug-likeness (QED) is 0.573. The zero-order valence-corrected chi connectivity index (χ0v) is 18.4. The molecule has 0 fully saturated rings. The smallest absolute Gasteiger partial charge is 0.222 e. The van der Waals surface area contributed by atoms with Crippen LogP contribution in [0.15, 0.2) is 78.7 Å². The fraction of sp³-hybridized carbons (Fsp3) is 0.120. The third-order valence-corrected chi connectivity index (χ3v) is 4.90. The topological polar surface area (TPSA) is 113 Å². The molecule has 8 heteroatoms. The van der Waals surface area contributed by atoms with Crippen molar-refractivity contribution in [1.82, 2.24) is 19.9 Å². The van der Waals surface area contributed by atoms with Crippen molar-refractivity contribution in [2.75, 3.05) is 25.1 Å². The van der Waals surface area contributed by atoms with Crippen LogP contribution >= 0.6 is 0 Å². The Morgan fingerprint density at radius 1 is 1.06 bits per heavy atom. The molecule has 1 aliphatic carbocycles. The molecule has 2 aromatic heterocycles. The summed E-state index contributed by atoms with van der Waals surface area (Å²) in [6.45, 7) is 0. The molecule has 0 saturated heterocycles. The zero-order chi connectivity index (χ0) is 23.2. The molecule has 4 rings (SSSR count). The lowest BCUT2D eigenvalue weighted by atomic mass is 10.1. The first-order chi connectivity index (χ1) is 16.0. The van der Waals surface area contributed by atoms with Crippen molar-refractivity contribution in [2.24, 2.45) is 0 Å². The normalized spacial score (nSPS) is 12.8. The van der Waals surface area contributed by atoms with E-state index in [4.69, 9.17) is 15.7 Å². The molecule has 164 valence electrons. The third kappa shape index (κ3) is 5.54. The van der Waals surface area contributed by atoms with Crippen molar-refractivity contribution < 1.29 is 4.74 Å². The third-order valence-electron chi connectivity index (χ3n) is 4.90. The van der Waals surface area contributed by atoms with Gasteiger partial charge in [-0.2, -0.15) is 10.2 Å². The maximum absolute atomic E-state index is 8.97. The number of allylic oxidation sites excluding steroid dienone is 5. The monoisotopic (exact) mass is 437 g/mol. The minimum atomic E-state index is 0.191. The zero-order valence-electron chi connectivity index (χ0n) is 18.4. The predicted octanol–water partition coefficient (Wildman–Crippen LogP) is 4.65. The average molecular weight is 438 g/mol. The van der Waals surface area contributed by atoms with Crippen molar-refractivity contribution >= 4 is 23.0 Å². The van der Waals surface area contributed by atoms with Crippen molar-refractivity contribution in [3.63, 3.8) is 0 Å². The molecule has 2 heterocycles. The van der Waals surface area contributed by atoms with Gasteiger partial charge in [-0.1, -0.05) is 18.2 Å². The Hall–Kier alpha value is -4.64. The van der Waals surface area contributed by atoms with Crippen LogP contribution in [-0.4, -0.2) is 33.9 Å². The number of hydrogen-bond acceptors (Lipinski definition) is 8. The molecule has 0 saturated carbocycles. The molecule has 0 bridgehead atoms. The molecular weight excluding hydrogens is 414 g/mol. The van der Waals surface area contributed by atoms with Crippen molar-refractivity contribution in [3.05, 3.63) is 90.1 Å². The van der Waals surface area contributed by atoms with Gasteiger partial charge in [-0.15, -0.1) is 0 Å². The van der Waals surface area contributed by atoms with Gasteiger partial charge in [-0.25, -0.2) is 9.97 Å². The summed E-state index contributed by atoms with van der Waals surface area (Å²) < 4.78 is 5.79. The number of ether oxygens (including phenoxy) is 1. The van der Waals surface area contributed by atoms with E-state index < -0.39 is 0 Å². The van der Waals surface area contributed by atoms with E-state index in [2.05, 4.69) is 37.3 Å². The summed E-state index contributed by atoms with van der Waals surface area (Å²) in [6, 6.07) is 14.5. The SMILES string of the molecule is CN(C)C1=CC=C(c2cc(Nc3ccc(Oc4ccnc(C#N)c4)cc3)nc(N)n2)C=CC1. The summed E-state index contributed by atoms with van der Waals surface area (Å²) in [4.78, 5) is 14.7. The number of anilines is 3. The molecule has 0 unspecified atom stereocenters. The number of nitrogens with one attached hydrogen (secondary N) is 1. The van der Waals surface area contributed by atoms with Crippen LogP contribution in [0.1, 0.15) is 17.8 Å². The van der Waals surface area contributed by atoms with Gasteiger partial charge in [-0.05, 0) is 36.4 Å². The van der Waals surface area contributed by atoms with Crippen LogP contribution in [0.25, 0.3) is 5.57 Å². The van der Waals surface area contributed by atoms with E-state index in [1.54, 1.807) is 12.1 Å². The molecule has 0 aliphatic heterocycles. The number of nitrogens with zero attached hydrogens (tertiary/aromatic N) is 5. The lowest BCUT2D eigenvalue weighted by Gasteiger charge is -2.14. The van der Waals surface area contributed by atoms with Crippen LogP contribution in [0.4, 0.5) is 17.5 Å². The van der Waals surface area contributed by atoms with E-state index >= 15 is 0 Å². The standard InChI is InChI=1S/C25H23N7O/c1-32(2)20-5-3-4-17(6-9-20)23-15-24(31-25(27)30-23)29-18-7-10-21(11-8-18)33-22-12-13-28-19(14-22)16-26/h3-4,6-15H,5H2,1-2H3,(H3,27,29,30,31). The summed E-state index contributed by atoms with van der Waals surface area (Å²) in [7, 11) is 4.06. The molecule has 0 atom stereocenters. The van der Waals surface area contributed by atoms with Gasteiger partial charge in [0.15, 0.2) is 0 Å². The summed E-state index contributed by atoms with van der Waals surface area (Å²) in [5, 5.41) is 12.2. The Bertz CT molecular complexity index is 1280. The van der Waals surface area contributed by atoms with Gasteiger partial charge >= 0.3 is 0 Å². The van der Waals surface area contributed by atoms with Crippen LogP contribution in [-0.2, 0) is 0 Å². The molecule has 0 radical (unpaired) electrons. The minimum Gasteiger partial charge on any atom is -0.457 e. The van der Waals surface area contributed by atoms with Gasteiger partial charge in [0.05, 0.1) is 5.69 Å². The van der Waals surface area contributed by atoms with E-state index in [-0.39, 0.29) is 5.95 Å². The fourth-order valence-corrected chi connectivity index (χ4v) is 3.22. The molecule has 33 heavy (non-hydrogen) atoms. The van der Waals surface area contributed by atoms with Gasteiger partial charge in [0.2, 0.25) is 5.95 Å². The molecular formula is C25H23N7O. The molecule has 1 aliphatic rings. The highest BCUT2D eigenvalue weighted by Crippen LogP contribution is 2.26. The van der Waals surface area contributed by atoms with E-state index in [0.717, 1.165) is 23.4 Å². The number of hydrogen-bond donors (Lipinski definition) is 2. The van der Waals surface area contributed by atoms with Crippen molar-refractivity contribution in [2.45, 2.75) is 6.42 Å². The van der Waals surface area contributed by atoms with Gasteiger partial charge in [0.25, 0.3) is 0 Å². The summed E-state index contributed by atoms with van der Waals surface area (Å²) >= 11 is 0. The van der Waals surface area contributed by atoms with E-state index in [1.165, 1.54) is 11.9 Å². The molecule has 0 spiro atoms. The van der Waals surface area contributed by atoms with E-state index in [1.807, 2.05) is 62.6 Å². The summed E-state index contributed by atoms with van der Waals surface area (Å²) in [5.74, 6) is 1.97. The van der Waals surface area contributed by atoms with E-state index in [9.17, 15) is 0 Å². The maximum Gasteiger partial charge on any atom is 0.222 e. The Morgan fingerprint density at radius 3 is 2.64 bits per heavy atom. The van der Waals surface area contributed by atoms with Crippen LogP contribution in [0.2, 0.25) is 0 Å². The molecule has 8 nitrogen and oxygen atoms in total. The Labute approximate surface area is 192 Å². The fourth-order valence-electron chi connectivity index (χ4n) is 3.22. The summed E-state index contributed by atoms with van der Waals surface area (Å²) in [6.07, 6.45) is 10.7. The van der Waals surface area contributed by atoms with Gasteiger partial charge in [0.1, 0.15) is 29.1 Å². The first kappa shape index (κ1) is 21.6. The van der Waals surface area contributed by atoms with Crippen molar-refractivity contribution in [1.29, 1.82) is 5.26 Å². The highest BCUT2D eigenvalue weighted by molar-refractivity contribution is 5.76. The molecule has 3 aromatic rings. The predicted molar refractivity (Wildman–Crippen MR) is 129 cm³/mol. The lowest BCUT2D eigenvalue weighted by Crippen LogP contribution is -2.09. The lowest BCUT2D eigenvalue weighted by molar-refractivity contribution is 0.482. The van der Waals surface area contributed by atoms with Crippen molar-refractivity contribution in [3.8, 4) is 17.6 Å². The largest absolute Gasteiger partial charge is 0.457 e. The van der Waals surface area contributed by atoms with Crippen LogP contribution in [0, 0.1) is 11.3 Å². The first-order valence-electron chi connectivity index (χ1n) is 10.3.